The van der Waals surface area contributed by atoms with Gasteiger partial charge >= 0.3 is 5.97 Å². The van der Waals surface area contributed by atoms with E-state index in [1.54, 1.807) is 10.7 Å². The van der Waals surface area contributed by atoms with Crippen LogP contribution in [-0.2, 0) is 17.9 Å². The van der Waals surface area contributed by atoms with Crippen LogP contribution in [0.15, 0.2) is 36.4 Å². The molecule has 0 aliphatic rings. The van der Waals surface area contributed by atoms with E-state index >= 15 is 0 Å². The van der Waals surface area contributed by atoms with Crippen molar-refractivity contribution in [3.05, 3.63) is 53.3 Å². The number of rotatable bonds is 5. The van der Waals surface area contributed by atoms with Gasteiger partial charge < -0.3 is 4.74 Å². The predicted molar refractivity (Wildman–Crippen MR) is 76.0 cm³/mol. The molecule has 20 heavy (non-hydrogen) atoms. The SMILES string of the molecule is C#CCCn1nc(C)cc1C(=O)OCc1ccccc1. The van der Waals surface area contributed by atoms with Crippen LogP contribution >= 0.6 is 0 Å². The van der Waals surface area contributed by atoms with Crippen LogP contribution in [-0.4, -0.2) is 15.7 Å². The lowest BCUT2D eigenvalue weighted by molar-refractivity contribution is 0.0458. The van der Waals surface area contributed by atoms with E-state index in [0.29, 0.717) is 18.7 Å². The Morgan fingerprint density at radius 1 is 1.40 bits per heavy atom. The van der Waals surface area contributed by atoms with Crippen molar-refractivity contribution in [2.24, 2.45) is 0 Å². The Bertz CT molecular complexity index is 624. The Hall–Kier alpha value is -2.54. The Balaban J connectivity index is 2.04. The molecule has 0 atom stereocenters. The molecule has 0 unspecified atom stereocenters. The summed E-state index contributed by atoms with van der Waals surface area (Å²) < 4.78 is 6.90. The van der Waals surface area contributed by atoms with Crippen molar-refractivity contribution in [3.63, 3.8) is 0 Å². The molecule has 4 nitrogen and oxygen atoms in total. The average molecular weight is 268 g/mol. The molecule has 1 aromatic carbocycles. The predicted octanol–water partition coefficient (Wildman–Crippen LogP) is 2.57. The first-order valence-electron chi connectivity index (χ1n) is 6.39. The summed E-state index contributed by atoms with van der Waals surface area (Å²) in [6.07, 6.45) is 5.76. The van der Waals surface area contributed by atoms with Gasteiger partial charge in [-0.3, -0.25) is 4.68 Å². The second kappa shape index (κ2) is 6.58. The van der Waals surface area contributed by atoms with E-state index in [2.05, 4.69) is 11.0 Å². The van der Waals surface area contributed by atoms with E-state index in [0.717, 1.165) is 11.3 Å². The fraction of sp³-hybridized carbons (Fsp3) is 0.250. The maximum absolute atomic E-state index is 12.1. The fourth-order valence-corrected chi connectivity index (χ4v) is 1.85. The van der Waals surface area contributed by atoms with Gasteiger partial charge in [0.05, 0.1) is 12.2 Å². The molecule has 0 spiro atoms. The zero-order valence-corrected chi connectivity index (χ0v) is 11.4. The normalized spacial score (nSPS) is 10.0. The van der Waals surface area contributed by atoms with Crippen molar-refractivity contribution in [1.29, 1.82) is 0 Å². The van der Waals surface area contributed by atoms with Crippen LogP contribution in [0.1, 0.15) is 28.2 Å². The minimum absolute atomic E-state index is 0.249. The Kier molecular flexibility index (Phi) is 4.56. The number of carbonyl (C=O) groups is 1. The van der Waals surface area contributed by atoms with Crippen molar-refractivity contribution in [1.82, 2.24) is 9.78 Å². The molecule has 0 fully saturated rings. The lowest BCUT2D eigenvalue weighted by atomic mass is 10.2. The standard InChI is InChI=1S/C16H16N2O2/c1-3-4-10-18-15(11-13(2)17-18)16(19)20-12-14-8-6-5-7-9-14/h1,5-9,11H,4,10,12H2,2H3. The molecule has 0 amide bonds. The summed E-state index contributed by atoms with van der Waals surface area (Å²) in [5, 5.41) is 4.24. The first-order chi connectivity index (χ1) is 9.70. The highest BCUT2D eigenvalue weighted by molar-refractivity contribution is 5.87. The van der Waals surface area contributed by atoms with Gasteiger partial charge in [-0.05, 0) is 18.6 Å². The second-order valence-corrected chi connectivity index (χ2v) is 4.41. The molecule has 102 valence electrons. The summed E-state index contributed by atoms with van der Waals surface area (Å²) in [6.45, 7) is 2.60. The number of nitrogens with zero attached hydrogens (tertiary/aromatic N) is 2. The number of esters is 1. The van der Waals surface area contributed by atoms with Crippen molar-refractivity contribution >= 4 is 5.97 Å². The summed E-state index contributed by atoms with van der Waals surface area (Å²) in [6, 6.07) is 11.3. The highest BCUT2D eigenvalue weighted by atomic mass is 16.5. The molecule has 2 rings (SSSR count). The molecule has 0 aliphatic carbocycles. The van der Waals surface area contributed by atoms with Crippen molar-refractivity contribution in [3.8, 4) is 12.3 Å². The van der Waals surface area contributed by atoms with Crippen LogP contribution in [0, 0.1) is 19.3 Å². The maximum atomic E-state index is 12.1. The summed E-state index contributed by atoms with van der Waals surface area (Å²) in [4.78, 5) is 12.1. The third-order valence-electron chi connectivity index (χ3n) is 2.79. The van der Waals surface area contributed by atoms with Gasteiger partial charge in [-0.2, -0.15) is 5.10 Å². The van der Waals surface area contributed by atoms with E-state index in [1.807, 2.05) is 37.3 Å². The van der Waals surface area contributed by atoms with Crippen molar-refractivity contribution < 1.29 is 9.53 Å². The Labute approximate surface area is 118 Å². The lowest BCUT2D eigenvalue weighted by Crippen LogP contribution is -2.13. The fourth-order valence-electron chi connectivity index (χ4n) is 1.85. The van der Waals surface area contributed by atoms with E-state index in [9.17, 15) is 4.79 Å². The molecule has 1 aromatic heterocycles. The van der Waals surface area contributed by atoms with Crippen LogP contribution in [0.25, 0.3) is 0 Å². The van der Waals surface area contributed by atoms with Gasteiger partial charge in [0, 0.05) is 6.42 Å². The topological polar surface area (TPSA) is 44.1 Å². The van der Waals surface area contributed by atoms with E-state index in [1.165, 1.54) is 0 Å². The number of hydrogen-bond donors (Lipinski definition) is 0. The van der Waals surface area contributed by atoms with Gasteiger partial charge in [-0.25, -0.2) is 4.79 Å². The zero-order chi connectivity index (χ0) is 14.4. The van der Waals surface area contributed by atoms with Crippen LogP contribution in [0.5, 0.6) is 0 Å². The van der Waals surface area contributed by atoms with Crippen molar-refractivity contribution in [2.45, 2.75) is 26.5 Å². The molecule has 2 aromatic rings. The Morgan fingerprint density at radius 2 is 2.15 bits per heavy atom. The molecule has 0 saturated carbocycles. The first kappa shape index (κ1) is 13.9. The number of carbonyl (C=O) groups excluding carboxylic acids is 1. The van der Waals surface area contributed by atoms with Gasteiger partial charge in [0.2, 0.25) is 0 Å². The van der Waals surface area contributed by atoms with Crippen LogP contribution in [0.2, 0.25) is 0 Å². The quantitative estimate of drug-likeness (QED) is 0.618. The maximum Gasteiger partial charge on any atom is 0.356 e. The average Bonchev–Trinajstić information content (AvgIpc) is 2.84. The van der Waals surface area contributed by atoms with Gasteiger partial charge in [0.1, 0.15) is 12.3 Å². The summed E-state index contributed by atoms with van der Waals surface area (Å²) in [7, 11) is 0. The zero-order valence-electron chi connectivity index (χ0n) is 11.4. The van der Waals surface area contributed by atoms with Crippen molar-refractivity contribution in [2.75, 3.05) is 0 Å². The third-order valence-corrected chi connectivity index (χ3v) is 2.79. The largest absolute Gasteiger partial charge is 0.456 e. The smallest absolute Gasteiger partial charge is 0.356 e. The highest BCUT2D eigenvalue weighted by Crippen LogP contribution is 2.09. The number of benzene rings is 1. The van der Waals surface area contributed by atoms with Gasteiger partial charge in [0.15, 0.2) is 0 Å². The number of aromatic nitrogens is 2. The van der Waals surface area contributed by atoms with Crippen LogP contribution in [0.4, 0.5) is 0 Å². The monoisotopic (exact) mass is 268 g/mol. The molecular weight excluding hydrogens is 252 g/mol. The van der Waals surface area contributed by atoms with Crippen LogP contribution in [0.3, 0.4) is 0 Å². The minimum Gasteiger partial charge on any atom is -0.456 e. The number of ether oxygens (including phenoxy) is 1. The number of hydrogen-bond acceptors (Lipinski definition) is 3. The van der Waals surface area contributed by atoms with Gasteiger partial charge in [0.25, 0.3) is 0 Å². The molecule has 1 heterocycles. The number of terminal acetylenes is 1. The molecule has 0 bridgehead atoms. The summed E-state index contributed by atoms with van der Waals surface area (Å²) in [5.41, 5.74) is 2.16. The van der Waals surface area contributed by atoms with Gasteiger partial charge in [-0.1, -0.05) is 30.3 Å². The molecular formula is C16H16N2O2. The lowest BCUT2D eigenvalue weighted by Gasteiger charge is -2.06. The highest BCUT2D eigenvalue weighted by Gasteiger charge is 2.15. The minimum atomic E-state index is -0.383. The summed E-state index contributed by atoms with van der Waals surface area (Å²) in [5.74, 6) is 2.15. The third kappa shape index (κ3) is 3.48. The first-order valence-corrected chi connectivity index (χ1v) is 6.39. The molecule has 0 N–H and O–H groups in total. The van der Waals surface area contributed by atoms with Gasteiger partial charge in [-0.15, -0.1) is 12.3 Å². The summed E-state index contributed by atoms with van der Waals surface area (Å²) >= 11 is 0. The van der Waals surface area contributed by atoms with E-state index in [4.69, 9.17) is 11.2 Å². The molecule has 0 aliphatic heterocycles. The molecule has 4 heteroatoms. The van der Waals surface area contributed by atoms with E-state index in [-0.39, 0.29) is 12.6 Å². The van der Waals surface area contributed by atoms with Crippen LogP contribution < -0.4 is 0 Å². The van der Waals surface area contributed by atoms with E-state index < -0.39 is 0 Å². The Morgan fingerprint density at radius 3 is 2.85 bits per heavy atom. The molecule has 0 saturated heterocycles. The molecule has 0 radical (unpaired) electrons. The number of aryl methyl sites for hydroxylation is 2. The second-order valence-electron chi connectivity index (χ2n) is 4.41.